The Labute approximate surface area is 109 Å². The topological polar surface area (TPSA) is 34.1 Å². The molecule has 16 heavy (non-hydrogen) atoms. The molecule has 0 spiro atoms. The molecule has 2 rings (SSSR count). The van der Waals surface area contributed by atoms with E-state index in [1.54, 1.807) is 6.20 Å². The first kappa shape index (κ1) is 15.7. The van der Waals surface area contributed by atoms with E-state index in [0.29, 0.717) is 12.7 Å². The fraction of sp³-hybridized carbons (Fsp3) is 0.545. The molecule has 0 aliphatic carbocycles. The number of nitrogens with zero attached hydrogens (tertiary/aromatic N) is 1. The molecule has 0 aromatic carbocycles. The molecule has 0 amide bonds. The van der Waals surface area contributed by atoms with Gasteiger partial charge in [-0.25, -0.2) is 0 Å². The van der Waals surface area contributed by atoms with Gasteiger partial charge in [-0.3, -0.25) is 4.98 Å². The van der Waals surface area contributed by atoms with E-state index < -0.39 is 0 Å². The van der Waals surface area contributed by atoms with Crippen LogP contribution in [0.1, 0.15) is 18.4 Å². The fourth-order valence-electron chi connectivity index (χ4n) is 1.66. The molecule has 1 fully saturated rings. The molecule has 3 nitrogen and oxygen atoms in total. The van der Waals surface area contributed by atoms with Gasteiger partial charge in [0, 0.05) is 12.4 Å². The summed E-state index contributed by atoms with van der Waals surface area (Å²) in [6.45, 7) is 2.86. The van der Waals surface area contributed by atoms with Crippen LogP contribution in [-0.4, -0.2) is 24.2 Å². The van der Waals surface area contributed by atoms with Crippen LogP contribution in [-0.2, 0) is 11.3 Å². The zero-order chi connectivity index (χ0) is 9.64. The van der Waals surface area contributed by atoms with E-state index in [0.717, 1.165) is 31.5 Å². The number of rotatable bonds is 3. The molecule has 0 saturated carbocycles. The summed E-state index contributed by atoms with van der Waals surface area (Å²) >= 11 is 0. The Hall–Kier alpha value is -0.350. The van der Waals surface area contributed by atoms with Gasteiger partial charge in [-0.2, -0.15) is 0 Å². The van der Waals surface area contributed by atoms with Crippen LogP contribution in [0.4, 0.5) is 0 Å². The summed E-state index contributed by atoms with van der Waals surface area (Å²) in [6, 6.07) is 4.00. The fourth-order valence-corrected chi connectivity index (χ4v) is 1.66. The number of ether oxygens (including phenoxy) is 1. The third-order valence-corrected chi connectivity index (χ3v) is 2.49. The predicted molar refractivity (Wildman–Crippen MR) is 69.4 cm³/mol. The van der Waals surface area contributed by atoms with Crippen LogP contribution < -0.4 is 5.32 Å². The molecular weight excluding hydrogens is 247 g/mol. The standard InChI is InChI=1S/C11H16N2O.2ClH/c1-2-10(8-13-5-1)9-14-11-3-6-12-7-4-11;;/h1-2,5,8,11-12H,3-4,6-7,9H2;2*1H. The number of hydrogen-bond donors (Lipinski definition) is 1. The van der Waals surface area contributed by atoms with Gasteiger partial charge in [0.1, 0.15) is 0 Å². The Kier molecular flexibility index (Phi) is 8.57. The predicted octanol–water partition coefficient (Wildman–Crippen LogP) is 2.19. The van der Waals surface area contributed by atoms with Crippen molar-refractivity contribution in [3.8, 4) is 0 Å². The average molecular weight is 265 g/mol. The smallest absolute Gasteiger partial charge is 0.0735 e. The van der Waals surface area contributed by atoms with E-state index >= 15 is 0 Å². The van der Waals surface area contributed by atoms with Crippen molar-refractivity contribution in [3.63, 3.8) is 0 Å². The number of pyridine rings is 1. The monoisotopic (exact) mass is 264 g/mol. The Morgan fingerprint density at radius 3 is 2.69 bits per heavy atom. The first-order valence-corrected chi connectivity index (χ1v) is 5.16. The minimum absolute atomic E-state index is 0. The van der Waals surface area contributed by atoms with Crippen LogP contribution in [0.25, 0.3) is 0 Å². The van der Waals surface area contributed by atoms with Crippen LogP contribution >= 0.6 is 24.8 Å². The summed E-state index contributed by atoms with van der Waals surface area (Å²) in [6.07, 6.45) is 6.33. The van der Waals surface area contributed by atoms with Gasteiger partial charge in [-0.15, -0.1) is 24.8 Å². The minimum atomic E-state index is 0. The molecule has 1 saturated heterocycles. The molecule has 0 atom stereocenters. The largest absolute Gasteiger partial charge is 0.373 e. The Morgan fingerprint density at radius 1 is 1.31 bits per heavy atom. The van der Waals surface area contributed by atoms with E-state index in [-0.39, 0.29) is 24.8 Å². The van der Waals surface area contributed by atoms with Crippen LogP contribution in [0.5, 0.6) is 0 Å². The van der Waals surface area contributed by atoms with Crippen molar-refractivity contribution in [2.45, 2.75) is 25.6 Å². The zero-order valence-corrected chi connectivity index (χ0v) is 10.7. The van der Waals surface area contributed by atoms with E-state index in [4.69, 9.17) is 4.74 Å². The highest BCUT2D eigenvalue weighted by Gasteiger charge is 2.12. The SMILES string of the molecule is Cl.Cl.c1cncc(COC2CCNCC2)c1. The normalized spacial score (nSPS) is 16.0. The molecule has 1 aliphatic heterocycles. The highest BCUT2D eigenvalue weighted by Crippen LogP contribution is 2.10. The van der Waals surface area contributed by atoms with Crippen molar-refractivity contribution in [2.24, 2.45) is 0 Å². The van der Waals surface area contributed by atoms with Gasteiger partial charge < -0.3 is 10.1 Å². The van der Waals surface area contributed by atoms with Crippen molar-refractivity contribution < 1.29 is 4.74 Å². The number of halogens is 2. The molecule has 0 bridgehead atoms. The second-order valence-corrected chi connectivity index (χ2v) is 3.62. The first-order valence-electron chi connectivity index (χ1n) is 5.16. The highest BCUT2D eigenvalue weighted by molar-refractivity contribution is 5.85. The summed E-state index contributed by atoms with van der Waals surface area (Å²) in [5.41, 5.74) is 1.16. The molecule has 0 unspecified atom stereocenters. The molecule has 1 aromatic heterocycles. The molecule has 5 heteroatoms. The molecule has 92 valence electrons. The summed E-state index contributed by atoms with van der Waals surface area (Å²) in [5.74, 6) is 0. The first-order chi connectivity index (χ1) is 6.95. The molecule has 1 aliphatic rings. The van der Waals surface area contributed by atoms with Gasteiger partial charge in [-0.05, 0) is 37.6 Å². The maximum Gasteiger partial charge on any atom is 0.0735 e. The average Bonchev–Trinajstić information content (AvgIpc) is 2.29. The van der Waals surface area contributed by atoms with E-state index in [1.807, 2.05) is 18.3 Å². The number of nitrogens with one attached hydrogen (secondary N) is 1. The lowest BCUT2D eigenvalue weighted by Crippen LogP contribution is -2.32. The van der Waals surface area contributed by atoms with Crippen molar-refractivity contribution in [2.75, 3.05) is 13.1 Å². The second-order valence-electron chi connectivity index (χ2n) is 3.62. The maximum absolute atomic E-state index is 5.79. The van der Waals surface area contributed by atoms with Crippen molar-refractivity contribution in [1.82, 2.24) is 10.3 Å². The van der Waals surface area contributed by atoms with Crippen LogP contribution in [0.15, 0.2) is 24.5 Å². The molecule has 1 N–H and O–H groups in total. The summed E-state index contributed by atoms with van der Waals surface area (Å²) < 4.78 is 5.79. The number of hydrogen-bond acceptors (Lipinski definition) is 3. The van der Waals surface area contributed by atoms with Gasteiger partial charge in [0.15, 0.2) is 0 Å². The van der Waals surface area contributed by atoms with Gasteiger partial charge in [0.2, 0.25) is 0 Å². The van der Waals surface area contributed by atoms with Crippen LogP contribution in [0, 0.1) is 0 Å². The highest BCUT2D eigenvalue weighted by atomic mass is 35.5. The van der Waals surface area contributed by atoms with Gasteiger partial charge in [0.25, 0.3) is 0 Å². The lowest BCUT2D eigenvalue weighted by atomic mass is 10.1. The van der Waals surface area contributed by atoms with Gasteiger partial charge in [-0.1, -0.05) is 6.07 Å². The number of aromatic nitrogens is 1. The van der Waals surface area contributed by atoms with Gasteiger partial charge in [0.05, 0.1) is 12.7 Å². The summed E-state index contributed by atoms with van der Waals surface area (Å²) in [4.78, 5) is 4.06. The second kappa shape index (κ2) is 8.76. The quantitative estimate of drug-likeness (QED) is 0.909. The summed E-state index contributed by atoms with van der Waals surface area (Å²) in [5, 5.41) is 3.32. The Bertz CT molecular complexity index is 266. The molecular formula is C11H18Cl2N2O. The maximum atomic E-state index is 5.79. The van der Waals surface area contributed by atoms with Crippen LogP contribution in [0.3, 0.4) is 0 Å². The molecule has 0 radical (unpaired) electrons. The molecule has 1 aromatic rings. The van der Waals surface area contributed by atoms with Gasteiger partial charge >= 0.3 is 0 Å². The van der Waals surface area contributed by atoms with E-state index in [1.165, 1.54) is 0 Å². The lowest BCUT2D eigenvalue weighted by Gasteiger charge is -2.22. The Balaban J connectivity index is 0.00000112. The Morgan fingerprint density at radius 2 is 2.06 bits per heavy atom. The van der Waals surface area contributed by atoms with E-state index in [9.17, 15) is 0 Å². The van der Waals surface area contributed by atoms with E-state index in [2.05, 4.69) is 10.3 Å². The zero-order valence-electron chi connectivity index (χ0n) is 9.09. The molecule has 2 heterocycles. The third kappa shape index (κ3) is 5.12. The van der Waals surface area contributed by atoms with Crippen molar-refractivity contribution in [3.05, 3.63) is 30.1 Å². The minimum Gasteiger partial charge on any atom is -0.373 e. The third-order valence-electron chi connectivity index (χ3n) is 2.49. The van der Waals surface area contributed by atoms with Crippen molar-refractivity contribution in [1.29, 1.82) is 0 Å². The summed E-state index contributed by atoms with van der Waals surface area (Å²) in [7, 11) is 0. The lowest BCUT2D eigenvalue weighted by molar-refractivity contribution is 0.0211. The number of piperidine rings is 1. The van der Waals surface area contributed by atoms with Crippen LogP contribution in [0.2, 0.25) is 0 Å². The van der Waals surface area contributed by atoms with Crippen molar-refractivity contribution >= 4 is 24.8 Å².